The molecule has 2 aromatic heterocycles. The fraction of sp³-hybridized carbons (Fsp3) is 0.333. The third kappa shape index (κ3) is 3.90. The van der Waals surface area contributed by atoms with Crippen LogP contribution in [0.15, 0.2) is 18.6 Å². The lowest BCUT2D eigenvalue weighted by Gasteiger charge is -2.04. The molecule has 0 radical (unpaired) electrons. The number of amides is 2. The molecular weight excluding hydrogens is 306 g/mol. The van der Waals surface area contributed by atoms with E-state index in [2.05, 4.69) is 20.8 Å². The molecule has 0 fully saturated rings. The fourth-order valence-corrected chi connectivity index (χ4v) is 1.86. The minimum Gasteiger partial charge on any atom is -0.354 e. The van der Waals surface area contributed by atoms with Gasteiger partial charge in [0.25, 0.3) is 5.91 Å². The van der Waals surface area contributed by atoms with Crippen molar-refractivity contribution in [3.05, 3.63) is 34.4 Å². The van der Waals surface area contributed by atoms with E-state index >= 15 is 0 Å². The van der Waals surface area contributed by atoms with Crippen molar-refractivity contribution in [2.24, 2.45) is 7.05 Å². The van der Waals surface area contributed by atoms with Gasteiger partial charge in [-0.2, -0.15) is 10.2 Å². The Morgan fingerprint density at radius 2 is 2.13 bits per heavy atom. The van der Waals surface area contributed by atoms with Gasteiger partial charge in [-0.1, -0.05) is 0 Å². The molecule has 2 aromatic rings. The summed E-state index contributed by atoms with van der Waals surface area (Å²) in [5.74, 6) is -0.773. The van der Waals surface area contributed by atoms with Crippen LogP contribution in [-0.4, -0.2) is 43.3 Å². The van der Waals surface area contributed by atoms with Crippen LogP contribution in [0.3, 0.4) is 0 Å². The van der Waals surface area contributed by atoms with Crippen LogP contribution in [0, 0.1) is 10.1 Å². The van der Waals surface area contributed by atoms with E-state index in [4.69, 9.17) is 0 Å². The Bertz CT molecular complexity index is 748. The molecule has 0 atom stereocenters. The third-order valence-electron chi connectivity index (χ3n) is 2.94. The number of carbonyl (C=O) groups is 2. The monoisotopic (exact) mass is 321 g/mol. The highest BCUT2D eigenvalue weighted by atomic mass is 16.6. The van der Waals surface area contributed by atoms with Crippen molar-refractivity contribution in [3.8, 4) is 0 Å². The summed E-state index contributed by atoms with van der Waals surface area (Å²) >= 11 is 0. The van der Waals surface area contributed by atoms with Gasteiger partial charge in [-0.05, 0) is 0 Å². The molecular formula is C12H15N7O4. The number of nitro groups is 1. The lowest BCUT2D eigenvalue weighted by atomic mass is 10.3. The molecule has 0 aromatic carbocycles. The van der Waals surface area contributed by atoms with E-state index in [0.29, 0.717) is 5.69 Å². The van der Waals surface area contributed by atoms with E-state index in [0.717, 1.165) is 6.20 Å². The standard InChI is InChI=1S/C12H15N7O4/c1-13-12(21)11-9(7-17(2)16-11)15-10(20)3-4-18-6-8(5-14-18)19(22)23/h5-7H,3-4H2,1-2H3,(H,13,21)(H,15,20). The first-order chi connectivity index (χ1) is 10.9. The largest absolute Gasteiger partial charge is 0.354 e. The van der Waals surface area contributed by atoms with Crippen molar-refractivity contribution in [2.75, 3.05) is 12.4 Å². The van der Waals surface area contributed by atoms with E-state index in [9.17, 15) is 19.7 Å². The lowest BCUT2D eigenvalue weighted by Crippen LogP contribution is -2.22. The summed E-state index contributed by atoms with van der Waals surface area (Å²) in [7, 11) is 3.10. The summed E-state index contributed by atoms with van der Waals surface area (Å²) in [5, 5.41) is 23.3. The Morgan fingerprint density at radius 3 is 2.74 bits per heavy atom. The Hall–Kier alpha value is -3.24. The second-order valence-electron chi connectivity index (χ2n) is 4.66. The predicted octanol–water partition coefficient (Wildman–Crippen LogP) is -0.0868. The van der Waals surface area contributed by atoms with Gasteiger partial charge >= 0.3 is 5.69 Å². The van der Waals surface area contributed by atoms with Gasteiger partial charge in [0.2, 0.25) is 5.91 Å². The topological polar surface area (TPSA) is 137 Å². The summed E-state index contributed by atoms with van der Waals surface area (Å²) in [5.41, 5.74) is 0.265. The van der Waals surface area contributed by atoms with Crippen LogP contribution in [0.1, 0.15) is 16.9 Å². The third-order valence-corrected chi connectivity index (χ3v) is 2.94. The molecule has 23 heavy (non-hydrogen) atoms. The van der Waals surface area contributed by atoms with Gasteiger partial charge in [0.05, 0.1) is 10.6 Å². The van der Waals surface area contributed by atoms with Crippen LogP contribution >= 0.6 is 0 Å². The van der Waals surface area contributed by atoms with Crippen molar-refractivity contribution >= 4 is 23.2 Å². The quantitative estimate of drug-likeness (QED) is 0.563. The number of anilines is 1. The SMILES string of the molecule is CNC(=O)c1nn(C)cc1NC(=O)CCn1cc([N+](=O)[O-])cn1. The number of hydrogen-bond donors (Lipinski definition) is 2. The van der Waals surface area contributed by atoms with Crippen molar-refractivity contribution in [1.29, 1.82) is 0 Å². The molecule has 11 nitrogen and oxygen atoms in total. The zero-order valence-electron chi connectivity index (χ0n) is 12.5. The van der Waals surface area contributed by atoms with Gasteiger partial charge in [0.1, 0.15) is 12.4 Å². The number of carbonyl (C=O) groups excluding carboxylic acids is 2. The molecule has 122 valence electrons. The Balaban J connectivity index is 1.97. The van der Waals surface area contributed by atoms with Gasteiger partial charge < -0.3 is 10.6 Å². The van der Waals surface area contributed by atoms with Crippen LogP contribution in [0.5, 0.6) is 0 Å². The van der Waals surface area contributed by atoms with E-state index in [1.807, 2.05) is 0 Å². The van der Waals surface area contributed by atoms with Gasteiger partial charge in [0.15, 0.2) is 5.69 Å². The van der Waals surface area contributed by atoms with Crippen molar-refractivity contribution in [1.82, 2.24) is 24.9 Å². The maximum absolute atomic E-state index is 11.9. The van der Waals surface area contributed by atoms with Crippen LogP contribution in [-0.2, 0) is 18.4 Å². The van der Waals surface area contributed by atoms with E-state index in [1.165, 1.54) is 28.8 Å². The molecule has 0 unspecified atom stereocenters. The molecule has 0 aliphatic carbocycles. The van der Waals surface area contributed by atoms with Crippen LogP contribution in [0.2, 0.25) is 0 Å². The molecule has 0 spiro atoms. The molecule has 0 saturated carbocycles. The summed E-state index contributed by atoms with van der Waals surface area (Å²) in [6, 6.07) is 0. The van der Waals surface area contributed by atoms with Crippen LogP contribution in [0.4, 0.5) is 11.4 Å². The molecule has 0 aliphatic rings. The first kappa shape index (κ1) is 16.1. The second kappa shape index (κ2) is 6.68. The van der Waals surface area contributed by atoms with Crippen molar-refractivity contribution < 1.29 is 14.5 Å². The van der Waals surface area contributed by atoms with Gasteiger partial charge in [-0.15, -0.1) is 0 Å². The zero-order valence-corrected chi connectivity index (χ0v) is 12.5. The average molecular weight is 321 g/mol. The minimum absolute atomic E-state index is 0.0426. The maximum Gasteiger partial charge on any atom is 0.306 e. The normalized spacial score (nSPS) is 10.3. The number of rotatable bonds is 6. The first-order valence-electron chi connectivity index (χ1n) is 6.63. The van der Waals surface area contributed by atoms with Crippen molar-refractivity contribution in [3.63, 3.8) is 0 Å². The molecule has 2 N–H and O–H groups in total. The van der Waals surface area contributed by atoms with E-state index in [1.54, 1.807) is 7.05 Å². The summed E-state index contributed by atoms with van der Waals surface area (Å²) in [4.78, 5) is 33.6. The highest BCUT2D eigenvalue weighted by Gasteiger charge is 2.17. The van der Waals surface area contributed by atoms with E-state index < -0.39 is 10.8 Å². The lowest BCUT2D eigenvalue weighted by molar-refractivity contribution is -0.385. The number of aromatic nitrogens is 4. The number of aryl methyl sites for hydroxylation is 2. The minimum atomic E-state index is -0.561. The van der Waals surface area contributed by atoms with Gasteiger partial charge in [-0.3, -0.25) is 29.1 Å². The zero-order chi connectivity index (χ0) is 17.0. The average Bonchev–Trinajstić information content (AvgIpc) is 3.11. The Morgan fingerprint density at radius 1 is 1.39 bits per heavy atom. The number of nitrogens with zero attached hydrogens (tertiary/aromatic N) is 5. The highest BCUT2D eigenvalue weighted by molar-refractivity contribution is 6.02. The van der Waals surface area contributed by atoms with Crippen molar-refractivity contribution in [2.45, 2.75) is 13.0 Å². The fourth-order valence-electron chi connectivity index (χ4n) is 1.86. The predicted molar refractivity (Wildman–Crippen MR) is 78.7 cm³/mol. The molecule has 2 heterocycles. The smallest absolute Gasteiger partial charge is 0.306 e. The maximum atomic E-state index is 11.9. The van der Waals surface area contributed by atoms with Gasteiger partial charge in [-0.25, -0.2) is 0 Å². The van der Waals surface area contributed by atoms with Crippen LogP contribution in [0.25, 0.3) is 0 Å². The highest BCUT2D eigenvalue weighted by Crippen LogP contribution is 2.14. The molecule has 0 bridgehead atoms. The Labute approximate surface area is 130 Å². The summed E-state index contributed by atoms with van der Waals surface area (Å²) in [6.45, 7) is 0.176. The molecule has 0 aliphatic heterocycles. The summed E-state index contributed by atoms with van der Waals surface area (Å²) in [6.07, 6.45) is 3.91. The number of hydrogen-bond acceptors (Lipinski definition) is 6. The van der Waals surface area contributed by atoms with Gasteiger partial charge in [0, 0.05) is 33.3 Å². The molecule has 2 amide bonds. The molecule has 0 saturated heterocycles. The second-order valence-corrected chi connectivity index (χ2v) is 4.66. The summed E-state index contributed by atoms with van der Waals surface area (Å²) < 4.78 is 2.72. The van der Waals surface area contributed by atoms with Crippen LogP contribution < -0.4 is 10.6 Å². The first-order valence-corrected chi connectivity index (χ1v) is 6.63. The molecule has 11 heteroatoms. The van der Waals surface area contributed by atoms with E-state index in [-0.39, 0.29) is 30.3 Å². The Kier molecular flexibility index (Phi) is 4.69. The molecule has 2 rings (SSSR count). The number of nitrogens with one attached hydrogen (secondary N) is 2.